The number of benzene rings is 2. The first-order valence-electron chi connectivity index (χ1n) is 6.05. The Hall–Kier alpha value is -1.60. The van der Waals surface area contributed by atoms with Crippen molar-refractivity contribution in [1.29, 1.82) is 0 Å². The molecule has 0 aromatic heterocycles. The van der Waals surface area contributed by atoms with Gasteiger partial charge in [0.15, 0.2) is 0 Å². The van der Waals surface area contributed by atoms with Crippen LogP contribution in [0, 0.1) is 19.7 Å². The number of hydrogen-bond donors (Lipinski definition) is 2. The highest BCUT2D eigenvalue weighted by Crippen LogP contribution is 2.27. The van der Waals surface area contributed by atoms with E-state index in [9.17, 15) is 12.8 Å². The maximum atomic E-state index is 13.4. The lowest BCUT2D eigenvalue weighted by molar-refractivity contribution is 0.596. The van der Waals surface area contributed by atoms with Gasteiger partial charge >= 0.3 is 0 Å². The van der Waals surface area contributed by atoms with E-state index in [1.165, 1.54) is 12.1 Å². The third-order valence-corrected chi connectivity index (χ3v) is 5.60. The van der Waals surface area contributed by atoms with Crippen molar-refractivity contribution in [2.24, 2.45) is 0 Å². The highest BCUT2D eigenvalue weighted by molar-refractivity contribution is 9.10. The first kappa shape index (κ1) is 15.8. The van der Waals surface area contributed by atoms with Crippen LogP contribution in [-0.4, -0.2) is 8.42 Å². The maximum Gasteiger partial charge on any atom is 0.261 e. The van der Waals surface area contributed by atoms with Crippen LogP contribution in [0.1, 0.15) is 11.1 Å². The van der Waals surface area contributed by atoms with Gasteiger partial charge in [-0.25, -0.2) is 12.8 Å². The predicted octanol–water partition coefficient (Wildman–Crippen LogP) is 3.59. The van der Waals surface area contributed by atoms with Crippen LogP contribution < -0.4 is 10.5 Å². The van der Waals surface area contributed by atoms with E-state index in [-0.39, 0.29) is 10.6 Å². The number of aryl methyl sites for hydroxylation is 2. The van der Waals surface area contributed by atoms with E-state index < -0.39 is 15.8 Å². The molecular weight excluding hydrogens is 359 g/mol. The molecule has 2 aromatic rings. The molecule has 0 saturated carbocycles. The molecule has 21 heavy (non-hydrogen) atoms. The molecule has 0 bridgehead atoms. The highest BCUT2D eigenvalue weighted by atomic mass is 79.9. The zero-order valence-electron chi connectivity index (χ0n) is 11.4. The summed E-state index contributed by atoms with van der Waals surface area (Å²) < 4.78 is 41.2. The van der Waals surface area contributed by atoms with Gasteiger partial charge in [-0.15, -0.1) is 0 Å². The molecular formula is C14H14BrFN2O2S. The van der Waals surface area contributed by atoms with Crippen molar-refractivity contribution in [2.45, 2.75) is 18.7 Å². The van der Waals surface area contributed by atoms with Crippen molar-refractivity contribution >= 4 is 37.3 Å². The summed E-state index contributed by atoms with van der Waals surface area (Å²) in [5, 5.41) is 0. The normalized spacial score (nSPS) is 11.4. The van der Waals surface area contributed by atoms with E-state index in [1.54, 1.807) is 12.1 Å². The molecule has 0 aliphatic rings. The lowest BCUT2D eigenvalue weighted by Gasteiger charge is -2.11. The van der Waals surface area contributed by atoms with Crippen molar-refractivity contribution in [2.75, 3.05) is 10.5 Å². The molecule has 2 rings (SSSR count). The molecule has 0 heterocycles. The Morgan fingerprint density at radius 2 is 1.71 bits per heavy atom. The van der Waals surface area contributed by atoms with Crippen LogP contribution >= 0.6 is 15.9 Å². The zero-order chi connectivity index (χ0) is 15.8. The number of halogens is 2. The van der Waals surface area contributed by atoms with E-state index in [1.807, 2.05) is 13.8 Å². The Bertz CT molecular complexity index is 784. The Labute approximate surface area is 131 Å². The van der Waals surface area contributed by atoms with Gasteiger partial charge in [0.05, 0.1) is 10.6 Å². The standard InChI is InChI=1S/C14H14BrFN2O2S/c1-8-5-10(6-9(2)14(8)15)18-21(19,20)11-3-4-13(17)12(16)7-11/h3-7,18H,17H2,1-2H3. The quantitative estimate of drug-likeness (QED) is 0.808. The van der Waals surface area contributed by atoms with Gasteiger partial charge in [0.2, 0.25) is 0 Å². The van der Waals surface area contributed by atoms with E-state index in [0.717, 1.165) is 21.7 Å². The third-order valence-electron chi connectivity index (χ3n) is 2.97. The SMILES string of the molecule is Cc1cc(NS(=O)(=O)c2ccc(N)c(F)c2)cc(C)c1Br. The number of sulfonamides is 1. The van der Waals surface area contributed by atoms with Crippen LogP contribution in [0.15, 0.2) is 39.7 Å². The van der Waals surface area contributed by atoms with Crippen molar-refractivity contribution in [3.05, 3.63) is 51.7 Å². The largest absolute Gasteiger partial charge is 0.396 e. The number of anilines is 2. The highest BCUT2D eigenvalue weighted by Gasteiger charge is 2.16. The molecule has 7 heteroatoms. The second kappa shape index (κ2) is 5.65. The van der Waals surface area contributed by atoms with E-state index in [2.05, 4.69) is 20.7 Å². The topological polar surface area (TPSA) is 72.2 Å². The minimum atomic E-state index is -3.86. The Balaban J connectivity index is 2.39. The van der Waals surface area contributed by atoms with Crippen molar-refractivity contribution in [3.63, 3.8) is 0 Å². The van der Waals surface area contributed by atoms with Crippen molar-refractivity contribution in [1.82, 2.24) is 0 Å². The van der Waals surface area contributed by atoms with E-state index >= 15 is 0 Å². The smallest absolute Gasteiger partial charge is 0.261 e. The first-order valence-corrected chi connectivity index (χ1v) is 8.33. The average Bonchev–Trinajstić information content (AvgIpc) is 2.38. The fourth-order valence-corrected chi connectivity index (χ4v) is 3.17. The monoisotopic (exact) mass is 372 g/mol. The molecule has 0 unspecified atom stereocenters. The minimum Gasteiger partial charge on any atom is -0.396 e. The fourth-order valence-electron chi connectivity index (χ4n) is 1.89. The van der Waals surface area contributed by atoms with Crippen molar-refractivity contribution < 1.29 is 12.8 Å². The molecule has 2 aromatic carbocycles. The Morgan fingerprint density at radius 1 is 1.14 bits per heavy atom. The summed E-state index contributed by atoms with van der Waals surface area (Å²) in [4.78, 5) is -0.174. The molecule has 0 atom stereocenters. The molecule has 112 valence electrons. The summed E-state index contributed by atoms with van der Waals surface area (Å²) in [6.07, 6.45) is 0. The zero-order valence-corrected chi connectivity index (χ0v) is 13.8. The minimum absolute atomic E-state index is 0.0933. The van der Waals surface area contributed by atoms with Crippen LogP contribution in [0.3, 0.4) is 0 Å². The summed E-state index contributed by atoms with van der Waals surface area (Å²) in [5.41, 5.74) is 7.47. The van der Waals surface area contributed by atoms with E-state index in [0.29, 0.717) is 5.69 Å². The summed E-state index contributed by atoms with van der Waals surface area (Å²) in [6.45, 7) is 3.72. The molecule has 0 spiro atoms. The molecule has 0 aliphatic carbocycles. The number of nitrogens with two attached hydrogens (primary N) is 1. The molecule has 0 saturated heterocycles. The molecule has 4 nitrogen and oxygen atoms in total. The predicted molar refractivity (Wildman–Crippen MR) is 85.2 cm³/mol. The Morgan fingerprint density at radius 3 is 2.24 bits per heavy atom. The van der Waals surface area contributed by atoms with Gasteiger partial charge in [-0.05, 0) is 55.3 Å². The molecule has 0 radical (unpaired) electrons. The van der Waals surface area contributed by atoms with Gasteiger partial charge in [-0.2, -0.15) is 0 Å². The first-order chi connectivity index (χ1) is 9.70. The molecule has 0 amide bonds. The van der Waals surface area contributed by atoms with Gasteiger partial charge in [-0.3, -0.25) is 4.72 Å². The fraction of sp³-hybridized carbons (Fsp3) is 0.143. The van der Waals surface area contributed by atoms with Crippen LogP contribution in [0.2, 0.25) is 0 Å². The number of rotatable bonds is 3. The second-order valence-corrected chi connectivity index (χ2v) is 7.19. The lowest BCUT2D eigenvalue weighted by atomic mass is 10.1. The van der Waals surface area contributed by atoms with Gasteiger partial charge in [0.25, 0.3) is 10.0 Å². The maximum absolute atomic E-state index is 13.4. The molecule has 0 aliphatic heterocycles. The summed E-state index contributed by atoms with van der Waals surface area (Å²) in [5.74, 6) is -0.763. The Kier molecular flexibility index (Phi) is 4.25. The number of nitrogen functional groups attached to an aromatic ring is 1. The van der Waals surface area contributed by atoms with Crippen LogP contribution in [0.4, 0.5) is 15.8 Å². The van der Waals surface area contributed by atoms with Crippen LogP contribution in [-0.2, 0) is 10.0 Å². The summed E-state index contributed by atoms with van der Waals surface area (Å²) in [7, 11) is -3.86. The third kappa shape index (κ3) is 3.36. The van der Waals surface area contributed by atoms with Gasteiger partial charge < -0.3 is 5.73 Å². The molecule has 0 fully saturated rings. The van der Waals surface area contributed by atoms with Gasteiger partial charge in [-0.1, -0.05) is 15.9 Å². The van der Waals surface area contributed by atoms with Gasteiger partial charge in [0, 0.05) is 10.2 Å². The van der Waals surface area contributed by atoms with Crippen molar-refractivity contribution in [3.8, 4) is 0 Å². The second-order valence-electron chi connectivity index (χ2n) is 4.71. The number of hydrogen-bond acceptors (Lipinski definition) is 3. The van der Waals surface area contributed by atoms with Crippen LogP contribution in [0.25, 0.3) is 0 Å². The average molecular weight is 373 g/mol. The summed E-state index contributed by atoms with van der Waals surface area (Å²) in [6, 6.07) is 6.78. The molecule has 3 N–H and O–H groups in total. The van der Waals surface area contributed by atoms with E-state index in [4.69, 9.17) is 5.73 Å². The lowest BCUT2D eigenvalue weighted by Crippen LogP contribution is -2.13. The number of nitrogens with one attached hydrogen (secondary N) is 1. The van der Waals surface area contributed by atoms with Crippen LogP contribution in [0.5, 0.6) is 0 Å². The summed E-state index contributed by atoms with van der Waals surface area (Å²) >= 11 is 3.41. The van der Waals surface area contributed by atoms with Gasteiger partial charge in [0.1, 0.15) is 5.82 Å².